The topological polar surface area (TPSA) is 118 Å². The largest absolute Gasteiger partial charge is 0.481 e. The second-order valence-electron chi connectivity index (χ2n) is 9.19. The van der Waals surface area contributed by atoms with Gasteiger partial charge in [-0.05, 0) is 79.1 Å². The molecule has 3 aromatic rings. The van der Waals surface area contributed by atoms with Crippen molar-refractivity contribution in [3.05, 3.63) is 76.0 Å². The van der Waals surface area contributed by atoms with Gasteiger partial charge in [0.25, 0.3) is 0 Å². The van der Waals surface area contributed by atoms with Crippen molar-refractivity contribution in [1.29, 1.82) is 0 Å². The summed E-state index contributed by atoms with van der Waals surface area (Å²) in [4.78, 5) is 31.5. The first-order valence-corrected chi connectivity index (χ1v) is 11.3. The summed E-state index contributed by atoms with van der Waals surface area (Å²) in [6, 6.07) is 6.59. The number of carbonyl (C=O) groups is 2. The monoisotopic (exact) mass is 460 g/mol. The van der Waals surface area contributed by atoms with Crippen molar-refractivity contribution in [2.75, 3.05) is 5.32 Å². The van der Waals surface area contributed by atoms with E-state index >= 15 is 4.39 Å². The van der Waals surface area contributed by atoms with E-state index in [-0.39, 0.29) is 23.7 Å². The number of halogens is 1. The maximum atomic E-state index is 15.0. The molecule has 1 saturated carbocycles. The standard InChI is InChI=1S/C26H25FN4O3/c1-12-7-14(25(28)32)8-13(2)23(12)15-3-5-19(27)24-16(15)4-6-20(24)31-22-11-29-21(10-30-22)17-9-18(17)26(33)34/h3,5,7-8,10-11,17-18,20H,4,6,9H2,1-2H3,(H2,28,32)(H,30,31)(H,33,34)/t17-,18-,20+/m0/s1. The molecule has 0 bridgehead atoms. The minimum Gasteiger partial charge on any atom is -0.481 e. The number of amides is 1. The molecule has 0 saturated heterocycles. The van der Waals surface area contributed by atoms with Crippen LogP contribution >= 0.6 is 0 Å². The van der Waals surface area contributed by atoms with E-state index in [0.29, 0.717) is 41.9 Å². The van der Waals surface area contributed by atoms with Gasteiger partial charge >= 0.3 is 5.97 Å². The van der Waals surface area contributed by atoms with Crippen LogP contribution in [-0.4, -0.2) is 27.0 Å². The van der Waals surface area contributed by atoms with Crippen LogP contribution in [0.4, 0.5) is 10.2 Å². The number of benzene rings is 2. The number of hydrogen-bond acceptors (Lipinski definition) is 5. The van der Waals surface area contributed by atoms with Gasteiger partial charge in [0, 0.05) is 17.0 Å². The summed E-state index contributed by atoms with van der Waals surface area (Å²) >= 11 is 0. The van der Waals surface area contributed by atoms with Crippen LogP contribution < -0.4 is 11.1 Å². The molecule has 7 nitrogen and oxygen atoms in total. The van der Waals surface area contributed by atoms with Crippen molar-refractivity contribution in [2.24, 2.45) is 11.7 Å². The SMILES string of the molecule is Cc1cc(C(N)=O)cc(C)c1-c1ccc(F)c2c1CC[C@H]2Nc1cnc([C@H]2C[C@@H]2C(=O)O)cn1. The predicted octanol–water partition coefficient (Wildman–Crippen LogP) is 4.29. The zero-order chi connectivity index (χ0) is 24.1. The minimum absolute atomic E-state index is 0.0845. The number of hydrogen-bond donors (Lipinski definition) is 3. The number of aliphatic carboxylic acids is 1. The van der Waals surface area contributed by atoms with E-state index in [2.05, 4.69) is 15.3 Å². The van der Waals surface area contributed by atoms with E-state index in [0.717, 1.165) is 27.8 Å². The summed E-state index contributed by atoms with van der Waals surface area (Å²) in [6.45, 7) is 3.86. The molecule has 2 aliphatic rings. The average molecular weight is 461 g/mol. The first-order chi connectivity index (χ1) is 16.2. The first kappa shape index (κ1) is 22.0. The van der Waals surface area contributed by atoms with E-state index in [9.17, 15) is 9.59 Å². The fourth-order valence-corrected chi connectivity index (χ4v) is 5.20. The van der Waals surface area contributed by atoms with Crippen LogP contribution in [0.25, 0.3) is 11.1 Å². The maximum Gasteiger partial charge on any atom is 0.307 e. The van der Waals surface area contributed by atoms with Gasteiger partial charge in [0.2, 0.25) is 5.91 Å². The molecule has 1 heterocycles. The van der Waals surface area contributed by atoms with Crippen molar-refractivity contribution in [2.45, 2.75) is 45.1 Å². The summed E-state index contributed by atoms with van der Waals surface area (Å²) < 4.78 is 15.0. The van der Waals surface area contributed by atoms with Crippen molar-refractivity contribution in [3.63, 3.8) is 0 Å². The smallest absolute Gasteiger partial charge is 0.307 e. The van der Waals surface area contributed by atoms with Crippen molar-refractivity contribution in [3.8, 4) is 11.1 Å². The lowest BCUT2D eigenvalue weighted by Crippen LogP contribution is -2.12. The quantitative estimate of drug-likeness (QED) is 0.505. The summed E-state index contributed by atoms with van der Waals surface area (Å²) in [7, 11) is 0. The Hall–Kier alpha value is -3.81. The molecular weight excluding hydrogens is 435 g/mol. The number of aromatic nitrogens is 2. The molecular formula is C26H25FN4O3. The van der Waals surface area contributed by atoms with E-state index in [1.54, 1.807) is 30.6 Å². The highest BCUT2D eigenvalue weighted by Gasteiger charge is 2.45. The number of carboxylic acid groups (broad SMARTS) is 1. The van der Waals surface area contributed by atoms with Gasteiger partial charge < -0.3 is 16.2 Å². The molecule has 5 rings (SSSR count). The van der Waals surface area contributed by atoms with Crippen molar-refractivity contribution in [1.82, 2.24) is 9.97 Å². The number of nitrogens with one attached hydrogen (secondary N) is 1. The predicted molar refractivity (Wildman–Crippen MR) is 125 cm³/mol. The van der Waals surface area contributed by atoms with Gasteiger partial charge in [0.1, 0.15) is 11.6 Å². The lowest BCUT2D eigenvalue weighted by molar-refractivity contribution is -0.138. The number of aryl methyl sites for hydroxylation is 2. The van der Waals surface area contributed by atoms with Crippen LogP contribution in [0, 0.1) is 25.6 Å². The molecule has 34 heavy (non-hydrogen) atoms. The van der Waals surface area contributed by atoms with Crippen LogP contribution in [0.15, 0.2) is 36.7 Å². The summed E-state index contributed by atoms with van der Waals surface area (Å²) in [6.07, 6.45) is 5.17. The van der Waals surface area contributed by atoms with E-state index in [4.69, 9.17) is 10.8 Å². The molecule has 3 atom stereocenters. The number of carboxylic acids is 1. The second kappa shape index (κ2) is 8.20. The molecule has 0 radical (unpaired) electrons. The number of rotatable bonds is 6. The zero-order valence-electron chi connectivity index (χ0n) is 18.9. The Balaban J connectivity index is 1.43. The number of carbonyl (C=O) groups excluding carboxylic acids is 1. The van der Waals surface area contributed by atoms with E-state index in [1.165, 1.54) is 6.07 Å². The molecule has 4 N–H and O–H groups in total. The van der Waals surface area contributed by atoms with Gasteiger partial charge in [-0.1, -0.05) is 6.07 Å². The number of anilines is 1. The Morgan fingerprint density at radius 1 is 1.15 bits per heavy atom. The Labute approximate surface area is 196 Å². The van der Waals surface area contributed by atoms with Gasteiger partial charge in [-0.15, -0.1) is 0 Å². The third-order valence-electron chi connectivity index (χ3n) is 6.90. The maximum absolute atomic E-state index is 15.0. The average Bonchev–Trinajstić information content (AvgIpc) is 3.49. The molecule has 0 spiro atoms. The lowest BCUT2D eigenvalue weighted by atomic mass is 9.89. The Morgan fingerprint density at radius 2 is 1.88 bits per heavy atom. The summed E-state index contributed by atoms with van der Waals surface area (Å²) in [5, 5.41) is 12.4. The Kier molecular flexibility index (Phi) is 5.31. The minimum atomic E-state index is -0.808. The normalized spacial score (nSPS) is 20.6. The fourth-order valence-electron chi connectivity index (χ4n) is 5.20. The van der Waals surface area contributed by atoms with Gasteiger partial charge in [-0.3, -0.25) is 14.6 Å². The molecule has 1 amide bonds. The summed E-state index contributed by atoms with van der Waals surface area (Å²) in [5.74, 6) is -1.50. The van der Waals surface area contributed by atoms with E-state index < -0.39 is 11.9 Å². The molecule has 2 aromatic carbocycles. The molecule has 2 aliphatic carbocycles. The number of fused-ring (bicyclic) bond motifs is 1. The molecule has 0 unspecified atom stereocenters. The van der Waals surface area contributed by atoms with Gasteiger partial charge in [0.05, 0.1) is 30.0 Å². The highest BCUT2D eigenvalue weighted by Crippen LogP contribution is 2.47. The highest BCUT2D eigenvalue weighted by atomic mass is 19.1. The van der Waals surface area contributed by atoms with Crippen molar-refractivity contribution >= 4 is 17.7 Å². The van der Waals surface area contributed by atoms with Crippen LogP contribution in [0.5, 0.6) is 0 Å². The molecule has 0 aliphatic heterocycles. The van der Waals surface area contributed by atoms with Crippen LogP contribution in [-0.2, 0) is 11.2 Å². The molecule has 1 aromatic heterocycles. The molecule has 1 fully saturated rings. The number of nitrogens with two attached hydrogens (primary N) is 1. The number of nitrogens with zero attached hydrogens (tertiary/aromatic N) is 2. The Morgan fingerprint density at radius 3 is 2.47 bits per heavy atom. The van der Waals surface area contributed by atoms with Gasteiger partial charge in [0.15, 0.2) is 0 Å². The fraction of sp³-hybridized carbons (Fsp3) is 0.308. The van der Waals surface area contributed by atoms with Gasteiger partial charge in [-0.2, -0.15) is 0 Å². The number of primary amides is 1. The van der Waals surface area contributed by atoms with Crippen molar-refractivity contribution < 1.29 is 19.1 Å². The highest BCUT2D eigenvalue weighted by molar-refractivity contribution is 5.94. The van der Waals surface area contributed by atoms with Gasteiger partial charge in [-0.25, -0.2) is 9.37 Å². The van der Waals surface area contributed by atoms with Crippen LogP contribution in [0.3, 0.4) is 0 Å². The first-order valence-electron chi connectivity index (χ1n) is 11.3. The van der Waals surface area contributed by atoms with E-state index in [1.807, 2.05) is 13.8 Å². The molecule has 8 heteroatoms. The second-order valence-corrected chi connectivity index (χ2v) is 9.19. The van der Waals surface area contributed by atoms with Crippen LogP contribution in [0.1, 0.15) is 63.1 Å². The molecule has 174 valence electrons. The third-order valence-corrected chi connectivity index (χ3v) is 6.90. The summed E-state index contributed by atoms with van der Waals surface area (Å²) in [5.41, 5.74) is 11.9. The Bertz CT molecular complexity index is 1300. The van der Waals surface area contributed by atoms with Crippen LogP contribution in [0.2, 0.25) is 0 Å². The lowest BCUT2D eigenvalue weighted by Gasteiger charge is -2.18. The third kappa shape index (κ3) is 3.79. The zero-order valence-corrected chi connectivity index (χ0v) is 18.9.